The van der Waals surface area contributed by atoms with Crippen molar-refractivity contribution in [2.75, 3.05) is 18.4 Å². The number of likely N-dealkylation sites (tertiary alicyclic amines) is 1. The number of pyridine rings is 1. The molecule has 178 valence electrons. The molecular weight excluding hydrogens is 444 g/mol. The van der Waals surface area contributed by atoms with Crippen LogP contribution in [0.5, 0.6) is 0 Å². The van der Waals surface area contributed by atoms with Crippen molar-refractivity contribution in [3.05, 3.63) is 95.2 Å². The van der Waals surface area contributed by atoms with Crippen LogP contribution in [0.4, 0.5) is 14.5 Å². The monoisotopic (exact) mass is 471 g/mol. The molecule has 1 amide bonds. The van der Waals surface area contributed by atoms with E-state index in [1.54, 1.807) is 18.2 Å². The van der Waals surface area contributed by atoms with E-state index in [0.29, 0.717) is 16.8 Å². The van der Waals surface area contributed by atoms with E-state index in [9.17, 15) is 13.6 Å². The molecule has 0 bridgehead atoms. The van der Waals surface area contributed by atoms with Crippen LogP contribution in [-0.2, 0) is 6.54 Å². The van der Waals surface area contributed by atoms with Crippen molar-refractivity contribution >= 4 is 22.5 Å². The molecule has 1 fully saturated rings. The van der Waals surface area contributed by atoms with Gasteiger partial charge >= 0.3 is 0 Å². The maximum Gasteiger partial charge on any atom is 0.258 e. The molecule has 35 heavy (non-hydrogen) atoms. The average molecular weight is 472 g/mol. The Bertz CT molecular complexity index is 1380. The van der Waals surface area contributed by atoms with E-state index >= 15 is 0 Å². The van der Waals surface area contributed by atoms with Crippen molar-refractivity contribution in [3.8, 4) is 11.1 Å². The second kappa shape index (κ2) is 9.92. The largest absolute Gasteiger partial charge is 0.322 e. The minimum absolute atomic E-state index is 0.0554. The molecule has 4 nitrogen and oxygen atoms in total. The SMILES string of the molecule is Cc1c(NC(=O)c2ccc(-c3ccc(F)cc3)cc2F)ccc2cc(CN3CCCCC3)cnc12. The van der Waals surface area contributed by atoms with Gasteiger partial charge in [-0.2, -0.15) is 0 Å². The number of aromatic nitrogens is 1. The molecule has 5 rings (SSSR count). The van der Waals surface area contributed by atoms with Gasteiger partial charge in [0.1, 0.15) is 11.6 Å². The Morgan fingerprint density at radius 1 is 0.943 bits per heavy atom. The molecule has 1 N–H and O–H groups in total. The van der Waals surface area contributed by atoms with Gasteiger partial charge in [0, 0.05) is 23.8 Å². The summed E-state index contributed by atoms with van der Waals surface area (Å²) in [4.78, 5) is 20.0. The quantitative estimate of drug-likeness (QED) is 0.351. The van der Waals surface area contributed by atoms with Crippen molar-refractivity contribution < 1.29 is 13.6 Å². The highest BCUT2D eigenvalue weighted by molar-refractivity contribution is 6.06. The summed E-state index contributed by atoms with van der Waals surface area (Å²) in [7, 11) is 0. The third-order valence-corrected chi connectivity index (χ3v) is 6.66. The number of nitrogens with one attached hydrogen (secondary N) is 1. The molecule has 0 aliphatic carbocycles. The summed E-state index contributed by atoms with van der Waals surface area (Å²) >= 11 is 0. The number of hydrogen-bond acceptors (Lipinski definition) is 3. The van der Waals surface area contributed by atoms with E-state index in [0.717, 1.165) is 36.1 Å². The van der Waals surface area contributed by atoms with Gasteiger partial charge in [-0.15, -0.1) is 0 Å². The first kappa shape index (κ1) is 23.1. The number of halogens is 2. The Labute approximate surface area is 203 Å². The standard InChI is InChI=1S/C29H27F2N3O/c1-19-27(12-8-23-15-20(17-32-28(19)23)18-34-13-3-2-4-14-34)33-29(35)25-11-7-22(16-26(25)31)21-5-9-24(30)10-6-21/h5-12,15-17H,2-4,13-14,18H2,1H3,(H,33,35). The number of carbonyl (C=O) groups excluding carboxylic acids is 1. The van der Waals surface area contributed by atoms with Crippen LogP contribution in [0.3, 0.4) is 0 Å². The van der Waals surface area contributed by atoms with Crippen molar-refractivity contribution in [2.45, 2.75) is 32.7 Å². The number of carbonyl (C=O) groups is 1. The lowest BCUT2D eigenvalue weighted by atomic mass is 10.0. The average Bonchev–Trinajstić information content (AvgIpc) is 2.87. The predicted octanol–water partition coefficient (Wildman–Crippen LogP) is 6.73. The molecule has 1 aliphatic heterocycles. The maximum atomic E-state index is 14.8. The number of nitrogens with zero attached hydrogens (tertiary/aromatic N) is 2. The Kier molecular flexibility index (Phi) is 6.55. The fraction of sp³-hybridized carbons (Fsp3) is 0.241. The van der Waals surface area contributed by atoms with Gasteiger partial charge in [-0.25, -0.2) is 8.78 Å². The van der Waals surface area contributed by atoms with Crippen LogP contribution in [0.2, 0.25) is 0 Å². The summed E-state index contributed by atoms with van der Waals surface area (Å²) in [5, 5.41) is 3.85. The number of piperidine rings is 1. The van der Waals surface area contributed by atoms with Crippen LogP contribution in [0.1, 0.15) is 40.7 Å². The zero-order valence-corrected chi connectivity index (χ0v) is 19.7. The van der Waals surface area contributed by atoms with E-state index < -0.39 is 11.7 Å². The van der Waals surface area contributed by atoms with Crippen LogP contribution < -0.4 is 5.32 Å². The number of anilines is 1. The summed E-state index contributed by atoms with van der Waals surface area (Å²) in [5.74, 6) is -1.52. The number of aryl methyl sites for hydroxylation is 1. The number of benzene rings is 3. The van der Waals surface area contributed by atoms with Crippen LogP contribution >= 0.6 is 0 Å². The molecule has 4 aromatic rings. The maximum absolute atomic E-state index is 14.8. The molecule has 6 heteroatoms. The third kappa shape index (κ3) is 5.08. The lowest BCUT2D eigenvalue weighted by Crippen LogP contribution is -2.29. The minimum atomic E-state index is -0.636. The van der Waals surface area contributed by atoms with Crippen molar-refractivity contribution in [3.63, 3.8) is 0 Å². The van der Waals surface area contributed by atoms with E-state index in [2.05, 4.69) is 21.3 Å². The number of amides is 1. The molecule has 1 aliphatic rings. The van der Waals surface area contributed by atoms with Gasteiger partial charge in [0.15, 0.2) is 0 Å². The molecule has 0 saturated carbocycles. The topological polar surface area (TPSA) is 45.2 Å². The Hall–Kier alpha value is -3.64. The summed E-state index contributed by atoms with van der Waals surface area (Å²) in [6, 6.07) is 16.1. The van der Waals surface area contributed by atoms with Crippen LogP contribution in [0.25, 0.3) is 22.0 Å². The second-order valence-electron chi connectivity index (χ2n) is 9.15. The Morgan fingerprint density at radius 2 is 1.69 bits per heavy atom. The van der Waals surface area contributed by atoms with Crippen LogP contribution in [0, 0.1) is 18.6 Å². The zero-order valence-electron chi connectivity index (χ0n) is 19.7. The van der Waals surface area contributed by atoms with Crippen molar-refractivity contribution in [2.24, 2.45) is 0 Å². The molecule has 0 spiro atoms. The first-order chi connectivity index (χ1) is 17.0. The Balaban J connectivity index is 1.34. The molecule has 0 radical (unpaired) electrons. The van der Waals surface area contributed by atoms with Crippen LogP contribution in [0.15, 0.2) is 66.9 Å². The zero-order chi connectivity index (χ0) is 24.4. The summed E-state index contributed by atoms with van der Waals surface area (Å²) < 4.78 is 28.0. The molecular formula is C29H27F2N3O. The highest BCUT2D eigenvalue weighted by Gasteiger charge is 2.16. The number of hydrogen-bond donors (Lipinski definition) is 1. The van der Waals surface area contributed by atoms with E-state index in [4.69, 9.17) is 0 Å². The Morgan fingerprint density at radius 3 is 2.43 bits per heavy atom. The minimum Gasteiger partial charge on any atom is -0.322 e. The molecule has 1 aromatic heterocycles. The molecule has 1 saturated heterocycles. The highest BCUT2D eigenvalue weighted by atomic mass is 19.1. The highest BCUT2D eigenvalue weighted by Crippen LogP contribution is 2.27. The predicted molar refractivity (Wildman–Crippen MR) is 135 cm³/mol. The van der Waals surface area contributed by atoms with Gasteiger partial charge in [-0.1, -0.05) is 30.7 Å². The molecule has 0 unspecified atom stereocenters. The van der Waals surface area contributed by atoms with Gasteiger partial charge in [0.2, 0.25) is 0 Å². The summed E-state index contributed by atoms with van der Waals surface area (Å²) in [5.41, 5.74) is 4.62. The van der Waals surface area contributed by atoms with Gasteiger partial charge < -0.3 is 5.32 Å². The molecule has 0 atom stereocenters. The lowest BCUT2D eigenvalue weighted by Gasteiger charge is -2.26. The first-order valence-corrected chi connectivity index (χ1v) is 12.0. The molecule has 3 aromatic carbocycles. The van der Waals surface area contributed by atoms with Crippen molar-refractivity contribution in [1.82, 2.24) is 9.88 Å². The molecule has 2 heterocycles. The van der Waals surface area contributed by atoms with Gasteiger partial charge in [0.25, 0.3) is 5.91 Å². The van der Waals surface area contributed by atoms with Gasteiger partial charge in [-0.3, -0.25) is 14.7 Å². The summed E-state index contributed by atoms with van der Waals surface area (Å²) in [6.45, 7) is 5.06. The van der Waals surface area contributed by atoms with E-state index in [1.807, 2.05) is 25.3 Å². The lowest BCUT2D eigenvalue weighted by molar-refractivity contribution is 0.102. The summed E-state index contributed by atoms with van der Waals surface area (Å²) in [6.07, 6.45) is 5.71. The second-order valence-corrected chi connectivity index (χ2v) is 9.15. The fourth-order valence-corrected chi connectivity index (χ4v) is 4.70. The van der Waals surface area contributed by atoms with Crippen LogP contribution in [-0.4, -0.2) is 28.9 Å². The van der Waals surface area contributed by atoms with Gasteiger partial charge in [0.05, 0.1) is 11.1 Å². The fourth-order valence-electron chi connectivity index (χ4n) is 4.70. The normalized spacial score (nSPS) is 14.3. The van der Waals surface area contributed by atoms with E-state index in [1.165, 1.54) is 49.1 Å². The number of rotatable bonds is 5. The van der Waals surface area contributed by atoms with E-state index in [-0.39, 0.29) is 11.4 Å². The number of fused-ring (bicyclic) bond motifs is 1. The first-order valence-electron chi connectivity index (χ1n) is 12.0. The van der Waals surface area contributed by atoms with Crippen molar-refractivity contribution in [1.29, 1.82) is 0 Å². The smallest absolute Gasteiger partial charge is 0.258 e. The van der Waals surface area contributed by atoms with Gasteiger partial charge in [-0.05, 0) is 91.5 Å². The third-order valence-electron chi connectivity index (χ3n) is 6.66.